The van der Waals surface area contributed by atoms with Crippen molar-refractivity contribution in [3.8, 4) is 0 Å². The molecule has 18 heavy (non-hydrogen) atoms. The first kappa shape index (κ1) is 14.3. The van der Waals surface area contributed by atoms with Crippen LogP contribution in [0.15, 0.2) is 18.2 Å². The maximum absolute atomic E-state index is 12.5. The molecule has 0 fully saturated rings. The Labute approximate surface area is 104 Å². The minimum Gasteiger partial charge on any atom is -0.378 e. The molecule has 0 N–H and O–H groups in total. The van der Waals surface area contributed by atoms with Crippen molar-refractivity contribution in [2.75, 3.05) is 38.0 Å². The normalized spacial score (nSPS) is 11.3. The van der Waals surface area contributed by atoms with Crippen LogP contribution in [0, 0.1) is 0 Å². The summed E-state index contributed by atoms with van der Waals surface area (Å²) in [5.41, 5.74) is 0.652. The Kier molecular flexibility index (Phi) is 3.88. The van der Waals surface area contributed by atoms with Crippen LogP contribution in [-0.2, 0) is 0 Å². The molecule has 1 aromatic rings. The van der Waals surface area contributed by atoms with E-state index in [1.54, 1.807) is 39.2 Å². The number of carbonyl (C=O) groups excluding carboxylic acids is 1. The van der Waals surface area contributed by atoms with Crippen LogP contribution in [0.4, 0.5) is 24.5 Å². The first-order valence-electron chi connectivity index (χ1n) is 5.25. The molecule has 6 heteroatoms. The molecule has 0 atom stereocenters. The van der Waals surface area contributed by atoms with E-state index in [9.17, 15) is 18.0 Å². The summed E-state index contributed by atoms with van der Waals surface area (Å²) in [4.78, 5) is 14.6. The number of hydrogen-bond donors (Lipinski definition) is 0. The maximum Gasteiger partial charge on any atom is 0.454 e. The van der Waals surface area contributed by atoms with Crippen LogP contribution in [0.3, 0.4) is 0 Å². The van der Waals surface area contributed by atoms with Gasteiger partial charge in [0.05, 0.1) is 5.56 Å². The van der Waals surface area contributed by atoms with Gasteiger partial charge in [0, 0.05) is 39.6 Å². The summed E-state index contributed by atoms with van der Waals surface area (Å²) in [5, 5.41) is 0. The first-order chi connectivity index (χ1) is 8.14. The summed E-state index contributed by atoms with van der Waals surface area (Å²) in [5.74, 6) is -1.82. The summed E-state index contributed by atoms with van der Waals surface area (Å²) < 4.78 is 37.4. The Hall–Kier alpha value is -1.72. The number of halogens is 3. The summed E-state index contributed by atoms with van der Waals surface area (Å²) in [7, 11) is 6.75. The molecule has 0 aliphatic heterocycles. The number of nitrogens with zero attached hydrogens (tertiary/aromatic N) is 2. The molecule has 100 valence electrons. The smallest absolute Gasteiger partial charge is 0.378 e. The van der Waals surface area contributed by atoms with Gasteiger partial charge in [-0.3, -0.25) is 4.79 Å². The highest BCUT2D eigenvalue weighted by molar-refractivity contribution is 6.05. The van der Waals surface area contributed by atoms with Gasteiger partial charge in [-0.1, -0.05) is 0 Å². The van der Waals surface area contributed by atoms with Gasteiger partial charge in [-0.15, -0.1) is 0 Å². The SMILES string of the molecule is CN(C)c1ccc(C(=O)C(F)(F)F)c(N(C)C)c1. The molecule has 0 unspecified atom stereocenters. The lowest BCUT2D eigenvalue weighted by molar-refractivity contribution is -0.0884. The molecule has 0 aromatic heterocycles. The van der Waals surface area contributed by atoms with Gasteiger partial charge in [0.15, 0.2) is 0 Å². The number of rotatable bonds is 3. The quantitative estimate of drug-likeness (QED) is 0.780. The molecule has 0 amide bonds. The highest BCUT2D eigenvalue weighted by atomic mass is 19.4. The Morgan fingerprint density at radius 1 is 1.06 bits per heavy atom. The standard InChI is InChI=1S/C12H15F3N2O/c1-16(2)8-5-6-9(10(7-8)17(3)4)11(18)12(13,14)15/h5-7H,1-4H3. The van der Waals surface area contributed by atoms with Gasteiger partial charge < -0.3 is 9.80 Å². The van der Waals surface area contributed by atoms with Crippen molar-refractivity contribution in [1.82, 2.24) is 0 Å². The zero-order valence-corrected chi connectivity index (χ0v) is 10.7. The Morgan fingerprint density at radius 2 is 1.61 bits per heavy atom. The van der Waals surface area contributed by atoms with E-state index < -0.39 is 12.0 Å². The molecule has 0 spiro atoms. The number of anilines is 2. The van der Waals surface area contributed by atoms with E-state index in [1.165, 1.54) is 17.0 Å². The van der Waals surface area contributed by atoms with Crippen LogP contribution in [0.1, 0.15) is 10.4 Å². The van der Waals surface area contributed by atoms with Gasteiger partial charge >= 0.3 is 6.18 Å². The summed E-state index contributed by atoms with van der Waals surface area (Å²) in [6.07, 6.45) is -4.86. The average molecular weight is 260 g/mol. The van der Waals surface area contributed by atoms with Crippen LogP contribution in [0.2, 0.25) is 0 Å². The minimum atomic E-state index is -4.86. The van der Waals surface area contributed by atoms with Crippen molar-refractivity contribution in [2.24, 2.45) is 0 Å². The predicted molar refractivity (Wildman–Crippen MR) is 65.5 cm³/mol. The van der Waals surface area contributed by atoms with E-state index in [1.807, 2.05) is 0 Å². The zero-order chi connectivity index (χ0) is 14.1. The molecule has 0 aliphatic carbocycles. The highest BCUT2D eigenvalue weighted by Crippen LogP contribution is 2.30. The molecular weight excluding hydrogens is 245 g/mol. The number of Topliss-reactive ketones (excluding diaryl/α,β-unsaturated/α-hetero) is 1. The van der Waals surface area contributed by atoms with E-state index in [-0.39, 0.29) is 11.3 Å². The number of ketones is 1. The first-order valence-corrected chi connectivity index (χ1v) is 5.25. The van der Waals surface area contributed by atoms with E-state index in [4.69, 9.17) is 0 Å². The van der Waals surface area contributed by atoms with Gasteiger partial charge in [-0.2, -0.15) is 13.2 Å². The number of hydrogen-bond acceptors (Lipinski definition) is 3. The summed E-state index contributed by atoms with van der Waals surface area (Å²) in [6.45, 7) is 0. The van der Waals surface area contributed by atoms with Crippen molar-refractivity contribution >= 4 is 17.2 Å². The van der Waals surface area contributed by atoms with Crippen molar-refractivity contribution in [2.45, 2.75) is 6.18 Å². The summed E-state index contributed by atoms with van der Waals surface area (Å²) >= 11 is 0. The second-order valence-corrected chi connectivity index (χ2v) is 4.32. The van der Waals surface area contributed by atoms with Crippen molar-refractivity contribution < 1.29 is 18.0 Å². The molecule has 0 bridgehead atoms. The fourth-order valence-electron chi connectivity index (χ4n) is 1.51. The maximum atomic E-state index is 12.5. The van der Waals surface area contributed by atoms with Gasteiger partial charge in [0.1, 0.15) is 0 Å². The predicted octanol–water partition coefficient (Wildman–Crippen LogP) is 2.56. The molecule has 0 aliphatic rings. The second-order valence-electron chi connectivity index (χ2n) is 4.32. The Balaban J connectivity index is 3.33. The van der Waals surface area contributed by atoms with Crippen LogP contribution < -0.4 is 9.80 Å². The molecule has 0 radical (unpaired) electrons. The highest BCUT2D eigenvalue weighted by Gasteiger charge is 2.40. The fraction of sp³-hybridized carbons (Fsp3) is 0.417. The van der Waals surface area contributed by atoms with Gasteiger partial charge in [0.25, 0.3) is 5.78 Å². The largest absolute Gasteiger partial charge is 0.454 e. The molecule has 0 saturated heterocycles. The third kappa shape index (κ3) is 2.94. The molecular formula is C12H15F3N2O. The van der Waals surface area contributed by atoms with Gasteiger partial charge in [0.2, 0.25) is 0 Å². The van der Waals surface area contributed by atoms with E-state index in [2.05, 4.69) is 0 Å². The van der Waals surface area contributed by atoms with Crippen LogP contribution in [0.5, 0.6) is 0 Å². The lowest BCUT2D eigenvalue weighted by Crippen LogP contribution is -2.25. The third-order valence-electron chi connectivity index (χ3n) is 2.48. The minimum absolute atomic E-state index is 0.253. The number of carbonyl (C=O) groups is 1. The zero-order valence-electron chi connectivity index (χ0n) is 10.7. The fourth-order valence-corrected chi connectivity index (χ4v) is 1.51. The van der Waals surface area contributed by atoms with Gasteiger partial charge in [-0.05, 0) is 18.2 Å². The Morgan fingerprint density at radius 3 is 2.00 bits per heavy atom. The molecule has 0 heterocycles. The van der Waals surface area contributed by atoms with Crippen LogP contribution >= 0.6 is 0 Å². The molecule has 0 saturated carbocycles. The lowest BCUT2D eigenvalue weighted by Gasteiger charge is -2.21. The van der Waals surface area contributed by atoms with E-state index in [0.29, 0.717) is 0 Å². The summed E-state index contributed by atoms with van der Waals surface area (Å²) in [6, 6.07) is 4.26. The monoisotopic (exact) mass is 260 g/mol. The molecule has 1 rings (SSSR count). The van der Waals surface area contributed by atoms with Crippen molar-refractivity contribution in [3.05, 3.63) is 23.8 Å². The third-order valence-corrected chi connectivity index (χ3v) is 2.48. The lowest BCUT2D eigenvalue weighted by atomic mass is 10.1. The van der Waals surface area contributed by atoms with Crippen LogP contribution in [0.25, 0.3) is 0 Å². The van der Waals surface area contributed by atoms with E-state index >= 15 is 0 Å². The second kappa shape index (κ2) is 4.88. The van der Waals surface area contributed by atoms with Gasteiger partial charge in [-0.25, -0.2) is 0 Å². The van der Waals surface area contributed by atoms with Crippen LogP contribution in [-0.4, -0.2) is 40.2 Å². The van der Waals surface area contributed by atoms with Crippen molar-refractivity contribution in [1.29, 1.82) is 0 Å². The molecule has 3 nitrogen and oxygen atoms in total. The number of benzene rings is 1. The van der Waals surface area contributed by atoms with Crippen molar-refractivity contribution in [3.63, 3.8) is 0 Å². The Bertz CT molecular complexity index is 453. The average Bonchev–Trinajstić information content (AvgIpc) is 2.25. The van der Waals surface area contributed by atoms with E-state index in [0.717, 1.165) is 5.69 Å². The topological polar surface area (TPSA) is 23.6 Å². The number of alkyl halides is 3. The molecule has 1 aromatic carbocycles.